The first-order valence-electron chi connectivity index (χ1n) is 9.24. The minimum Gasteiger partial charge on any atom is -0.316 e. The minimum absolute atomic E-state index is 0.909. The van der Waals surface area contributed by atoms with Gasteiger partial charge in [-0.3, -0.25) is 4.68 Å². The Balaban J connectivity index is 1.33. The third-order valence-electron chi connectivity index (χ3n) is 6.00. The molecule has 1 N–H and O–H groups in total. The second-order valence-corrected chi connectivity index (χ2v) is 7.52. The number of aryl methyl sites for hydroxylation is 3. The van der Waals surface area contributed by atoms with Crippen LogP contribution < -0.4 is 5.32 Å². The summed E-state index contributed by atoms with van der Waals surface area (Å²) < 4.78 is 1.87. The van der Waals surface area contributed by atoms with Crippen LogP contribution in [0.5, 0.6) is 0 Å². The first kappa shape index (κ1) is 15.8. The van der Waals surface area contributed by atoms with Crippen molar-refractivity contribution in [2.75, 3.05) is 13.1 Å². The Morgan fingerprint density at radius 1 is 1.21 bits per heavy atom. The molecule has 5 nitrogen and oxygen atoms in total. The fourth-order valence-electron chi connectivity index (χ4n) is 4.70. The monoisotopic (exact) mass is 325 g/mol. The van der Waals surface area contributed by atoms with Gasteiger partial charge in [0.1, 0.15) is 5.69 Å². The van der Waals surface area contributed by atoms with Gasteiger partial charge in [-0.05, 0) is 87.6 Å². The maximum Gasteiger partial charge on any atom is 0.111 e. The number of hydrogen-bond donors (Lipinski definition) is 1. The smallest absolute Gasteiger partial charge is 0.111 e. The quantitative estimate of drug-likeness (QED) is 0.918. The van der Waals surface area contributed by atoms with Crippen LogP contribution in [0.4, 0.5) is 0 Å². The average Bonchev–Trinajstić information content (AvgIpc) is 3.27. The molecular weight excluding hydrogens is 298 g/mol. The molecule has 2 aromatic heterocycles. The Labute approximate surface area is 143 Å². The summed E-state index contributed by atoms with van der Waals surface area (Å²) in [6, 6.07) is 4.21. The lowest BCUT2D eigenvalue weighted by molar-refractivity contribution is 0.348. The number of aromatic nitrogens is 4. The van der Waals surface area contributed by atoms with Crippen molar-refractivity contribution in [3.8, 4) is 11.4 Å². The molecule has 5 heteroatoms. The first-order chi connectivity index (χ1) is 11.7. The van der Waals surface area contributed by atoms with Gasteiger partial charge in [0.15, 0.2) is 0 Å². The van der Waals surface area contributed by atoms with Gasteiger partial charge >= 0.3 is 0 Å². The van der Waals surface area contributed by atoms with Crippen molar-refractivity contribution < 1.29 is 0 Å². The fraction of sp³-hybridized carbons (Fsp3) is 0.632. The van der Waals surface area contributed by atoms with E-state index in [4.69, 9.17) is 0 Å². The molecule has 0 aromatic carbocycles. The summed E-state index contributed by atoms with van der Waals surface area (Å²) in [5.41, 5.74) is 4.21. The van der Waals surface area contributed by atoms with Gasteiger partial charge in [-0.15, -0.1) is 5.10 Å². The predicted octanol–water partition coefficient (Wildman–Crippen LogP) is 2.75. The van der Waals surface area contributed by atoms with Crippen molar-refractivity contribution in [1.82, 2.24) is 25.3 Å². The van der Waals surface area contributed by atoms with Crippen molar-refractivity contribution >= 4 is 0 Å². The van der Waals surface area contributed by atoms with Gasteiger partial charge in [0.2, 0.25) is 0 Å². The highest BCUT2D eigenvalue weighted by Crippen LogP contribution is 2.41. The van der Waals surface area contributed by atoms with Crippen LogP contribution in [0.2, 0.25) is 0 Å². The number of nitrogens with one attached hydrogen (secondary N) is 1. The summed E-state index contributed by atoms with van der Waals surface area (Å²) in [4.78, 5) is 0. The molecule has 2 aromatic rings. The van der Waals surface area contributed by atoms with Crippen molar-refractivity contribution in [1.29, 1.82) is 0 Å². The van der Waals surface area contributed by atoms with E-state index < -0.39 is 0 Å². The van der Waals surface area contributed by atoms with Crippen molar-refractivity contribution in [2.24, 2.45) is 24.8 Å². The third-order valence-corrected chi connectivity index (χ3v) is 6.00. The van der Waals surface area contributed by atoms with E-state index in [1.54, 1.807) is 0 Å². The molecule has 1 saturated heterocycles. The van der Waals surface area contributed by atoms with Crippen LogP contribution in [0.15, 0.2) is 18.3 Å². The van der Waals surface area contributed by atoms with Crippen molar-refractivity contribution in [3.05, 3.63) is 29.6 Å². The molecular formula is C19H27N5. The van der Waals surface area contributed by atoms with Crippen molar-refractivity contribution in [2.45, 2.75) is 39.0 Å². The molecule has 0 spiro atoms. The molecule has 1 aliphatic carbocycles. The summed E-state index contributed by atoms with van der Waals surface area (Å²) in [5.74, 6) is 2.82. The molecule has 3 heterocycles. The molecule has 3 atom stereocenters. The minimum atomic E-state index is 0.909. The molecule has 2 aliphatic rings. The Morgan fingerprint density at radius 3 is 2.88 bits per heavy atom. The Morgan fingerprint density at radius 2 is 2.12 bits per heavy atom. The van der Waals surface area contributed by atoms with Crippen LogP contribution in [-0.4, -0.2) is 33.1 Å². The van der Waals surface area contributed by atoms with E-state index in [1.807, 2.05) is 17.9 Å². The molecule has 0 amide bonds. The predicted molar refractivity (Wildman–Crippen MR) is 94.5 cm³/mol. The second-order valence-electron chi connectivity index (χ2n) is 7.52. The molecule has 3 unspecified atom stereocenters. The highest BCUT2D eigenvalue weighted by molar-refractivity contribution is 5.57. The van der Waals surface area contributed by atoms with Crippen LogP contribution >= 0.6 is 0 Å². The van der Waals surface area contributed by atoms with E-state index in [1.165, 1.54) is 38.8 Å². The lowest BCUT2D eigenvalue weighted by Crippen LogP contribution is -2.16. The van der Waals surface area contributed by atoms with E-state index in [0.29, 0.717) is 0 Å². The molecule has 128 valence electrons. The maximum absolute atomic E-state index is 4.44. The zero-order valence-electron chi connectivity index (χ0n) is 14.7. The average molecular weight is 325 g/mol. The lowest BCUT2D eigenvalue weighted by atomic mass is 9.88. The number of nitrogens with zero attached hydrogens (tertiary/aromatic N) is 4. The van der Waals surface area contributed by atoms with Gasteiger partial charge in [-0.25, -0.2) is 0 Å². The second kappa shape index (κ2) is 6.63. The summed E-state index contributed by atoms with van der Waals surface area (Å²) in [6.45, 7) is 4.56. The van der Waals surface area contributed by atoms with E-state index >= 15 is 0 Å². The van der Waals surface area contributed by atoms with Gasteiger partial charge in [0, 0.05) is 7.05 Å². The van der Waals surface area contributed by atoms with Gasteiger partial charge in [0.25, 0.3) is 0 Å². The Hall–Kier alpha value is -1.75. The molecule has 0 radical (unpaired) electrons. The molecule has 1 saturated carbocycles. The number of rotatable bonds is 5. The third kappa shape index (κ3) is 2.97. The van der Waals surface area contributed by atoms with Gasteiger partial charge in [-0.2, -0.15) is 10.2 Å². The first-order valence-corrected chi connectivity index (χ1v) is 9.24. The van der Waals surface area contributed by atoms with Crippen LogP contribution in [-0.2, 0) is 13.5 Å². The topological polar surface area (TPSA) is 55.6 Å². The van der Waals surface area contributed by atoms with Crippen LogP contribution in [0, 0.1) is 24.7 Å². The molecule has 0 bridgehead atoms. The van der Waals surface area contributed by atoms with Crippen LogP contribution in [0.25, 0.3) is 11.4 Å². The fourth-order valence-corrected chi connectivity index (χ4v) is 4.70. The SMILES string of the molecule is Cc1cnn(C)c1-c1ccc(CCCC2CCC3CNCC23)nn1. The van der Waals surface area contributed by atoms with Gasteiger partial charge < -0.3 is 5.32 Å². The summed E-state index contributed by atoms with van der Waals surface area (Å²) >= 11 is 0. The summed E-state index contributed by atoms with van der Waals surface area (Å²) in [6.07, 6.45) is 8.35. The van der Waals surface area contributed by atoms with E-state index in [9.17, 15) is 0 Å². The molecule has 2 fully saturated rings. The van der Waals surface area contributed by atoms with Crippen LogP contribution in [0.3, 0.4) is 0 Å². The highest BCUT2D eigenvalue weighted by Gasteiger charge is 2.38. The maximum atomic E-state index is 4.44. The molecule has 4 rings (SSSR count). The molecule has 24 heavy (non-hydrogen) atoms. The van der Waals surface area contributed by atoms with E-state index in [0.717, 1.165) is 46.8 Å². The van der Waals surface area contributed by atoms with E-state index in [-0.39, 0.29) is 0 Å². The highest BCUT2D eigenvalue weighted by atomic mass is 15.3. The van der Waals surface area contributed by atoms with Gasteiger partial charge in [-0.1, -0.05) is 0 Å². The largest absolute Gasteiger partial charge is 0.316 e. The standard InChI is InChI=1S/C19H27N5/c1-13-10-21-24(2)19(13)18-9-8-16(22-23-18)5-3-4-14-6-7-15-11-20-12-17(14)15/h8-10,14-15,17,20H,3-7,11-12H2,1-2H3. The zero-order valence-corrected chi connectivity index (χ0v) is 14.7. The van der Waals surface area contributed by atoms with E-state index in [2.05, 4.69) is 39.7 Å². The normalized spacial score (nSPS) is 26.0. The lowest BCUT2D eigenvalue weighted by Gasteiger charge is -2.17. The molecule has 1 aliphatic heterocycles. The number of fused-ring (bicyclic) bond motifs is 1. The van der Waals surface area contributed by atoms with Crippen molar-refractivity contribution in [3.63, 3.8) is 0 Å². The van der Waals surface area contributed by atoms with Gasteiger partial charge in [0.05, 0.1) is 17.6 Å². The van der Waals surface area contributed by atoms with Crippen LogP contribution in [0.1, 0.15) is 36.9 Å². The number of hydrogen-bond acceptors (Lipinski definition) is 4. The summed E-state index contributed by atoms with van der Waals surface area (Å²) in [5, 5.41) is 16.7. The zero-order chi connectivity index (χ0) is 16.5. The summed E-state index contributed by atoms with van der Waals surface area (Å²) in [7, 11) is 1.95. The Bertz CT molecular complexity index is 671. The Kier molecular flexibility index (Phi) is 4.35.